The van der Waals surface area contributed by atoms with E-state index in [0.29, 0.717) is 32.5 Å². The first-order valence-corrected chi connectivity index (χ1v) is 6.30. The molecule has 0 amide bonds. The van der Waals surface area contributed by atoms with Crippen molar-refractivity contribution in [1.82, 2.24) is 5.32 Å². The molecule has 3 unspecified atom stereocenters. The Bertz CT molecular complexity index is 191. The molecule has 0 heterocycles. The number of hydrogen-bond acceptors (Lipinski definition) is 5. The first-order valence-electron chi connectivity index (χ1n) is 6.30. The Kier molecular flexibility index (Phi) is 7.72. The van der Waals surface area contributed by atoms with Crippen molar-refractivity contribution in [3.63, 3.8) is 0 Å². The molecule has 1 fully saturated rings. The van der Waals surface area contributed by atoms with Crippen molar-refractivity contribution in [2.75, 3.05) is 47.2 Å². The van der Waals surface area contributed by atoms with Gasteiger partial charge in [-0.2, -0.15) is 0 Å². The van der Waals surface area contributed by atoms with E-state index in [2.05, 4.69) is 5.32 Å². The summed E-state index contributed by atoms with van der Waals surface area (Å²) in [5, 5.41) is 3.23. The summed E-state index contributed by atoms with van der Waals surface area (Å²) in [6.45, 7) is 5.25. The first kappa shape index (κ1) is 14.9. The molecule has 0 aromatic heterocycles. The molecule has 1 rings (SSSR count). The van der Waals surface area contributed by atoms with Gasteiger partial charge in [0.1, 0.15) is 0 Å². The Morgan fingerprint density at radius 2 is 1.88 bits per heavy atom. The van der Waals surface area contributed by atoms with Gasteiger partial charge in [0.25, 0.3) is 0 Å². The van der Waals surface area contributed by atoms with Crippen LogP contribution in [-0.2, 0) is 18.9 Å². The fraction of sp³-hybridized carbons (Fsp3) is 1.00. The van der Waals surface area contributed by atoms with Crippen molar-refractivity contribution in [3.05, 3.63) is 0 Å². The van der Waals surface area contributed by atoms with Gasteiger partial charge < -0.3 is 24.3 Å². The molecule has 1 N–H and O–H groups in total. The van der Waals surface area contributed by atoms with Crippen LogP contribution < -0.4 is 5.32 Å². The number of likely N-dealkylation sites (N-methyl/N-ethyl adjacent to an activating group) is 1. The van der Waals surface area contributed by atoms with E-state index in [1.165, 1.54) is 0 Å². The summed E-state index contributed by atoms with van der Waals surface area (Å²) in [5.41, 5.74) is 0. The Morgan fingerprint density at radius 3 is 2.53 bits per heavy atom. The second-order valence-electron chi connectivity index (χ2n) is 4.07. The predicted molar refractivity (Wildman–Crippen MR) is 65.3 cm³/mol. The third-order valence-electron chi connectivity index (χ3n) is 2.98. The topological polar surface area (TPSA) is 49.0 Å². The number of nitrogens with one attached hydrogen (secondary N) is 1. The number of methoxy groups -OCH3 is 1. The van der Waals surface area contributed by atoms with E-state index in [-0.39, 0.29) is 12.2 Å². The van der Waals surface area contributed by atoms with Gasteiger partial charge in [0, 0.05) is 19.8 Å². The van der Waals surface area contributed by atoms with Crippen LogP contribution in [0.3, 0.4) is 0 Å². The van der Waals surface area contributed by atoms with Crippen LogP contribution in [0.1, 0.15) is 13.3 Å². The SMILES string of the molecule is CCOCCOC1CC(NC)C1OCCOC. The summed E-state index contributed by atoms with van der Waals surface area (Å²) in [6, 6.07) is 0.393. The minimum absolute atomic E-state index is 0.136. The second-order valence-corrected chi connectivity index (χ2v) is 4.07. The van der Waals surface area contributed by atoms with E-state index < -0.39 is 0 Å². The van der Waals surface area contributed by atoms with Gasteiger partial charge >= 0.3 is 0 Å². The highest BCUT2D eigenvalue weighted by molar-refractivity contribution is 4.96. The van der Waals surface area contributed by atoms with E-state index in [4.69, 9.17) is 18.9 Å². The zero-order chi connectivity index (χ0) is 12.5. The highest BCUT2D eigenvalue weighted by Crippen LogP contribution is 2.27. The first-order chi connectivity index (χ1) is 8.33. The largest absolute Gasteiger partial charge is 0.382 e. The molecule has 0 spiro atoms. The molecular weight excluding hydrogens is 222 g/mol. The van der Waals surface area contributed by atoms with Gasteiger partial charge in [0.15, 0.2) is 0 Å². The Hall–Kier alpha value is -0.200. The maximum Gasteiger partial charge on any atom is 0.0991 e. The van der Waals surface area contributed by atoms with Gasteiger partial charge in [-0.3, -0.25) is 0 Å². The maximum absolute atomic E-state index is 5.74. The molecular formula is C12H25NO4. The molecule has 5 nitrogen and oxygen atoms in total. The number of ether oxygens (including phenoxy) is 4. The normalized spacial score (nSPS) is 28.1. The standard InChI is InChI=1S/C12H25NO4/c1-4-15-6-8-16-11-9-10(13-2)12(11)17-7-5-14-3/h10-13H,4-9H2,1-3H3. The minimum atomic E-state index is 0.136. The predicted octanol–water partition coefficient (Wildman–Crippen LogP) is 0.431. The third kappa shape index (κ3) is 4.89. The monoisotopic (exact) mass is 247 g/mol. The average molecular weight is 247 g/mol. The van der Waals surface area contributed by atoms with Crippen LogP contribution in [-0.4, -0.2) is 65.4 Å². The molecule has 1 aliphatic carbocycles. The fourth-order valence-corrected chi connectivity index (χ4v) is 1.92. The van der Waals surface area contributed by atoms with Crippen molar-refractivity contribution >= 4 is 0 Å². The Labute approximate surface area is 104 Å². The minimum Gasteiger partial charge on any atom is -0.382 e. The van der Waals surface area contributed by atoms with Crippen molar-refractivity contribution in [2.24, 2.45) is 0 Å². The summed E-state index contributed by atoms with van der Waals surface area (Å²) >= 11 is 0. The molecule has 102 valence electrons. The molecule has 0 aromatic carbocycles. The molecule has 1 aliphatic rings. The van der Waals surface area contributed by atoms with E-state index >= 15 is 0 Å². The number of hydrogen-bond donors (Lipinski definition) is 1. The molecule has 0 aliphatic heterocycles. The number of rotatable bonds is 10. The zero-order valence-electron chi connectivity index (χ0n) is 11.1. The molecule has 0 saturated heterocycles. The van der Waals surface area contributed by atoms with Gasteiger partial charge in [0.05, 0.1) is 38.6 Å². The summed E-state index contributed by atoms with van der Waals surface area (Å²) in [4.78, 5) is 0. The van der Waals surface area contributed by atoms with Crippen LogP contribution in [0.15, 0.2) is 0 Å². The van der Waals surface area contributed by atoms with Crippen LogP contribution in [0.25, 0.3) is 0 Å². The highest BCUT2D eigenvalue weighted by Gasteiger charge is 2.41. The van der Waals surface area contributed by atoms with Gasteiger partial charge in [-0.15, -0.1) is 0 Å². The fourth-order valence-electron chi connectivity index (χ4n) is 1.92. The maximum atomic E-state index is 5.74. The summed E-state index contributed by atoms with van der Waals surface area (Å²) in [5.74, 6) is 0. The highest BCUT2D eigenvalue weighted by atomic mass is 16.6. The average Bonchev–Trinajstić information content (AvgIpc) is 2.33. The lowest BCUT2D eigenvalue weighted by atomic mass is 9.85. The van der Waals surface area contributed by atoms with Crippen LogP contribution in [0.2, 0.25) is 0 Å². The summed E-state index contributed by atoms with van der Waals surface area (Å²) in [6.07, 6.45) is 1.32. The molecule has 1 saturated carbocycles. The zero-order valence-corrected chi connectivity index (χ0v) is 11.1. The van der Waals surface area contributed by atoms with Crippen LogP contribution >= 0.6 is 0 Å². The quantitative estimate of drug-likeness (QED) is 0.567. The van der Waals surface area contributed by atoms with Gasteiger partial charge in [-0.1, -0.05) is 0 Å². The van der Waals surface area contributed by atoms with E-state index in [9.17, 15) is 0 Å². The molecule has 3 atom stereocenters. The molecule has 0 radical (unpaired) electrons. The van der Waals surface area contributed by atoms with Crippen molar-refractivity contribution in [3.8, 4) is 0 Å². The van der Waals surface area contributed by atoms with Crippen molar-refractivity contribution < 1.29 is 18.9 Å². The van der Waals surface area contributed by atoms with Crippen LogP contribution in [0, 0.1) is 0 Å². The molecule has 0 bridgehead atoms. The van der Waals surface area contributed by atoms with Crippen molar-refractivity contribution in [2.45, 2.75) is 31.6 Å². The molecule has 5 heteroatoms. The van der Waals surface area contributed by atoms with Gasteiger partial charge in [-0.25, -0.2) is 0 Å². The lowest BCUT2D eigenvalue weighted by Crippen LogP contribution is -2.59. The Balaban J connectivity index is 2.15. The third-order valence-corrected chi connectivity index (χ3v) is 2.98. The van der Waals surface area contributed by atoms with E-state index in [1.807, 2.05) is 14.0 Å². The smallest absolute Gasteiger partial charge is 0.0991 e. The van der Waals surface area contributed by atoms with Crippen LogP contribution in [0.4, 0.5) is 0 Å². The summed E-state index contributed by atoms with van der Waals surface area (Å²) in [7, 11) is 3.63. The van der Waals surface area contributed by atoms with Gasteiger partial charge in [-0.05, 0) is 20.4 Å². The molecule has 17 heavy (non-hydrogen) atoms. The van der Waals surface area contributed by atoms with Crippen molar-refractivity contribution in [1.29, 1.82) is 0 Å². The van der Waals surface area contributed by atoms with E-state index in [1.54, 1.807) is 7.11 Å². The summed E-state index contributed by atoms with van der Waals surface area (Å²) < 4.78 is 21.7. The van der Waals surface area contributed by atoms with Crippen LogP contribution in [0.5, 0.6) is 0 Å². The Morgan fingerprint density at radius 1 is 1.12 bits per heavy atom. The lowest BCUT2D eigenvalue weighted by molar-refractivity contribution is -0.155. The molecule has 0 aromatic rings. The second kappa shape index (κ2) is 8.83. The lowest BCUT2D eigenvalue weighted by Gasteiger charge is -2.43. The van der Waals surface area contributed by atoms with E-state index in [0.717, 1.165) is 13.0 Å². The van der Waals surface area contributed by atoms with Gasteiger partial charge in [0.2, 0.25) is 0 Å².